The van der Waals surface area contributed by atoms with Gasteiger partial charge in [-0.15, -0.1) is 0 Å². The number of carboxylic acids is 1. The molecule has 0 heterocycles. The van der Waals surface area contributed by atoms with E-state index in [4.69, 9.17) is 9.84 Å². The Morgan fingerprint density at radius 1 is 1.18 bits per heavy atom. The standard InChI is InChI=1S/C16H17F3O3/c17-13-8-14(22-10-3-5-16(18,19)6-4-10)11(9-1-2-9)7-12(13)15(20)21/h7-10H,1-6H2,(H,20,21). The molecular weight excluding hydrogens is 297 g/mol. The number of benzene rings is 1. The second kappa shape index (κ2) is 5.48. The van der Waals surface area contributed by atoms with Gasteiger partial charge in [-0.05, 0) is 43.2 Å². The van der Waals surface area contributed by atoms with Crippen molar-refractivity contribution < 1.29 is 27.8 Å². The van der Waals surface area contributed by atoms with Crippen LogP contribution in [0.2, 0.25) is 0 Å². The van der Waals surface area contributed by atoms with Gasteiger partial charge in [0.2, 0.25) is 5.92 Å². The van der Waals surface area contributed by atoms with Crippen LogP contribution in [0.5, 0.6) is 5.75 Å². The smallest absolute Gasteiger partial charge is 0.338 e. The third-order valence-electron chi connectivity index (χ3n) is 4.30. The first-order valence-corrected chi connectivity index (χ1v) is 7.47. The van der Waals surface area contributed by atoms with Crippen molar-refractivity contribution in [2.24, 2.45) is 0 Å². The van der Waals surface area contributed by atoms with E-state index in [9.17, 15) is 18.0 Å². The maximum Gasteiger partial charge on any atom is 0.338 e. The fraction of sp³-hybridized carbons (Fsp3) is 0.562. The summed E-state index contributed by atoms with van der Waals surface area (Å²) in [6.07, 6.45) is 1.43. The molecule has 3 rings (SSSR count). The number of carbonyl (C=O) groups is 1. The normalized spacial score (nSPS) is 21.6. The van der Waals surface area contributed by atoms with Crippen molar-refractivity contribution in [3.63, 3.8) is 0 Å². The Bertz CT molecular complexity index is 587. The quantitative estimate of drug-likeness (QED) is 0.898. The van der Waals surface area contributed by atoms with Crippen molar-refractivity contribution in [2.75, 3.05) is 0 Å². The molecule has 0 spiro atoms. The molecule has 2 aliphatic rings. The molecule has 0 unspecified atom stereocenters. The van der Waals surface area contributed by atoms with E-state index >= 15 is 0 Å². The molecule has 0 radical (unpaired) electrons. The summed E-state index contributed by atoms with van der Waals surface area (Å²) in [4.78, 5) is 11.0. The minimum atomic E-state index is -2.64. The SMILES string of the molecule is O=C(O)c1cc(C2CC2)c(OC2CCC(F)(F)CC2)cc1F. The zero-order valence-corrected chi connectivity index (χ0v) is 11.9. The summed E-state index contributed by atoms with van der Waals surface area (Å²) in [5.74, 6) is -4.33. The molecule has 1 aromatic carbocycles. The second-order valence-corrected chi connectivity index (χ2v) is 6.12. The van der Waals surface area contributed by atoms with E-state index < -0.39 is 17.7 Å². The molecule has 1 aromatic rings. The van der Waals surface area contributed by atoms with Crippen LogP contribution in [0, 0.1) is 5.82 Å². The van der Waals surface area contributed by atoms with Gasteiger partial charge in [-0.1, -0.05) is 0 Å². The average Bonchev–Trinajstić information content (AvgIpc) is 3.25. The Kier molecular flexibility index (Phi) is 3.78. The minimum Gasteiger partial charge on any atom is -0.490 e. The average molecular weight is 314 g/mol. The molecule has 0 aliphatic heterocycles. The number of carboxylic acid groups (broad SMARTS) is 1. The Morgan fingerprint density at radius 2 is 1.82 bits per heavy atom. The van der Waals surface area contributed by atoms with E-state index in [2.05, 4.69) is 0 Å². The van der Waals surface area contributed by atoms with Gasteiger partial charge in [-0.25, -0.2) is 18.0 Å². The van der Waals surface area contributed by atoms with Crippen molar-refractivity contribution >= 4 is 5.97 Å². The van der Waals surface area contributed by atoms with E-state index in [1.807, 2.05) is 0 Å². The molecular formula is C16H17F3O3. The minimum absolute atomic E-state index is 0.179. The van der Waals surface area contributed by atoms with Gasteiger partial charge in [-0.3, -0.25) is 0 Å². The molecule has 2 fully saturated rings. The van der Waals surface area contributed by atoms with Crippen LogP contribution in [0.15, 0.2) is 12.1 Å². The van der Waals surface area contributed by atoms with E-state index in [0.29, 0.717) is 11.3 Å². The molecule has 3 nitrogen and oxygen atoms in total. The van der Waals surface area contributed by atoms with Crippen LogP contribution in [-0.4, -0.2) is 23.1 Å². The highest BCUT2D eigenvalue weighted by atomic mass is 19.3. The number of ether oxygens (including phenoxy) is 1. The molecule has 1 N–H and O–H groups in total. The lowest BCUT2D eigenvalue weighted by Crippen LogP contribution is -2.31. The second-order valence-electron chi connectivity index (χ2n) is 6.12. The number of rotatable bonds is 4. The Labute approximate surface area is 126 Å². The van der Waals surface area contributed by atoms with Gasteiger partial charge in [0.1, 0.15) is 11.6 Å². The number of aromatic carboxylic acids is 1. The zero-order chi connectivity index (χ0) is 15.9. The van der Waals surface area contributed by atoms with Crippen LogP contribution in [0.3, 0.4) is 0 Å². The summed E-state index contributed by atoms with van der Waals surface area (Å²) in [5, 5.41) is 9.00. The third kappa shape index (κ3) is 3.20. The van der Waals surface area contributed by atoms with Crippen LogP contribution in [0.1, 0.15) is 60.4 Å². The Morgan fingerprint density at radius 3 is 2.36 bits per heavy atom. The van der Waals surface area contributed by atoms with Crippen molar-refractivity contribution in [1.29, 1.82) is 0 Å². The molecule has 2 aliphatic carbocycles. The van der Waals surface area contributed by atoms with Gasteiger partial charge < -0.3 is 9.84 Å². The lowest BCUT2D eigenvalue weighted by molar-refractivity contribution is -0.0583. The molecule has 6 heteroatoms. The van der Waals surface area contributed by atoms with Crippen LogP contribution in [0.25, 0.3) is 0 Å². The molecule has 120 valence electrons. The van der Waals surface area contributed by atoms with Gasteiger partial charge in [0.05, 0.1) is 11.7 Å². The summed E-state index contributed by atoms with van der Waals surface area (Å²) in [5.41, 5.74) is 0.306. The number of hydrogen-bond donors (Lipinski definition) is 1. The summed E-state index contributed by atoms with van der Waals surface area (Å²) in [7, 11) is 0. The van der Waals surface area contributed by atoms with Crippen molar-refractivity contribution in [1.82, 2.24) is 0 Å². The van der Waals surface area contributed by atoms with Gasteiger partial charge in [-0.2, -0.15) is 0 Å². The Hall–Kier alpha value is -1.72. The lowest BCUT2D eigenvalue weighted by Gasteiger charge is -2.29. The van der Waals surface area contributed by atoms with E-state index in [0.717, 1.165) is 18.9 Å². The maximum absolute atomic E-state index is 13.9. The van der Waals surface area contributed by atoms with Gasteiger partial charge >= 0.3 is 5.97 Å². The largest absolute Gasteiger partial charge is 0.490 e. The summed E-state index contributed by atoms with van der Waals surface area (Å²) < 4.78 is 45.9. The number of alkyl halides is 2. The fourth-order valence-corrected chi connectivity index (χ4v) is 2.86. The molecule has 0 aromatic heterocycles. The highest BCUT2D eigenvalue weighted by molar-refractivity contribution is 5.88. The van der Waals surface area contributed by atoms with Crippen LogP contribution in [-0.2, 0) is 0 Å². The summed E-state index contributed by atoms with van der Waals surface area (Å²) >= 11 is 0. The van der Waals surface area contributed by atoms with E-state index in [-0.39, 0.29) is 43.3 Å². The number of halogens is 3. The fourth-order valence-electron chi connectivity index (χ4n) is 2.86. The van der Waals surface area contributed by atoms with E-state index in [1.165, 1.54) is 6.07 Å². The maximum atomic E-state index is 13.9. The van der Waals surface area contributed by atoms with Gasteiger partial charge in [0.25, 0.3) is 0 Å². The van der Waals surface area contributed by atoms with Gasteiger partial charge in [0.15, 0.2) is 0 Å². The van der Waals surface area contributed by atoms with E-state index in [1.54, 1.807) is 0 Å². The van der Waals surface area contributed by atoms with Gasteiger partial charge in [0, 0.05) is 18.9 Å². The molecule has 0 amide bonds. The van der Waals surface area contributed by atoms with Crippen LogP contribution >= 0.6 is 0 Å². The first-order valence-electron chi connectivity index (χ1n) is 7.47. The molecule has 0 bridgehead atoms. The third-order valence-corrected chi connectivity index (χ3v) is 4.30. The lowest BCUT2D eigenvalue weighted by atomic mass is 9.94. The summed E-state index contributed by atoms with van der Waals surface area (Å²) in [6, 6.07) is 2.41. The summed E-state index contributed by atoms with van der Waals surface area (Å²) in [6.45, 7) is 0. The zero-order valence-electron chi connectivity index (χ0n) is 11.9. The van der Waals surface area contributed by atoms with Crippen molar-refractivity contribution in [2.45, 2.75) is 56.5 Å². The van der Waals surface area contributed by atoms with Crippen molar-refractivity contribution in [3.05, 3.63) is 29.1 Å². The predicted octanol–water partition coefficient (Wildman–Crippen LogP) is 4.36. The topological polar surface area (TPSA) is 46.5 Å². The molecule has 22 heavy (non-hydrogen) atoms. The number of hydrogen-bond acceptors (Lipinski definition) is 2. The first kappa shape index (κ1) is 15.2. The highest BCUT2D eigenvalue weighted by Crippen LogP contribution is 2.46. The first-order chi connectivity index (χ1) is 10.4. The molecule has 0 atom stereocenters. The monoisotopic (exact) mass is 314 g/mol. The van der Waals surface area contributed by atoms with Crippen LogP contribution in [0.4, 0.5) is 13.2 Å². The highest BCUT2D eigenvalue weighted by Gasteiger charge is 2.37. The predicted molar refractivity (Wildman–Crippen MR) is 73.2 cm³/mol. The van der Waals surface area contributed by atoms with Crippen molar-refractivity contribution in [3.8, 4) is 5.75 Å². The Balaban J connectivity index is 1.81. The molecule has 0 saturated heterocycles. The molecule has 2 saturated carbocycles. The van der Waals surface area contributed by atoms with Crippen LogP contribution < -0.4 is 4.74 Å².